The van der Waals surface area contributed by atoms with Crippen LogP contribution in [-0.4, -0.2) is 99.2 Å². The van der Waals surface area contributed by atoms with Crippen molar-refractivity contribution in [1.29, 1.82) is 0 Å². The van der Waals surface area contributed by atoms with Gasteiger partial charge in [-0.05, 0) is 54.3 Å². The molecule has 0 saturated carbocycles. The summed E-state index contributed by atoms with van der Waals surface area (Å²) in [7, 11) is 0. The average molecular weight is 531 g/mol. The lowest BCUT2D eigenvalue weighted by molar-refractivity contribution is 0.0261. The first-order valence-electron chi connectivity index (χ1n) is 14.0. The van der Waals surface area contributed by atoms with E-state index in [0.717, 1.165) is 110 Å². The van der Waals surface area contributed by atoms with Crippen LogP contribution in [0.4, 0.5) is 5.82 Å². The number of fused-ring (bicyclic) bond motifs is 2. The van der Waals surface area contributed by atoms with Gasteiger partial charge in [0.2, 0.25) is 6.79 Å². The summed E-state index contributed by atoms with van der Waals surface area (Å²) in [6.45, 7) is 8.18. The van der Waals surface area contributed by atoms with E-state index in [0.29, 0.717) is 13.2 Å². The SMILES string of the molecule is O=C(c1cc(N2CCOCC2)nc2ccc(-c3ccc4c(c3)OCO4)cc12)N1CCC[C@H]1CN1CCOCC1. The summed E-state index contributed by atoms with van der Waals surface area (Å²) in [5.41, 5.74) is 3.58. The summed E-state index contributed by atoms with van der Waals surface area (Å²) in [6, 6.07) is 14.4. The predicted octanol–water partition coefficient (Wildman–Crippen LogP) is 3.40. The van der Waals surface area contributed by atoms with Crippen molar-refractivity contribution in [2.24, 2.45) is 0 Å². The van der Waals surface area contributed by atoms with Gasteiger partial charge >= 0.3 is 0 Å². The highest BCUT2D eigenvalue weighted by molar-refractivity contribution is 6.08. The molecule has 1 amide bonds. The van der Waals surface area contributed by atoms with Gasteiger partial charge in [0.05, 0.1) is 37.5 Å². The van der Waals surface area contributed by atoms with Crippen molar-refractivity contribution in [2.45, 2.75) is 18.9 Å². The molecule has 4 aliphatic rings. The van der Waals surface area contributed by atoms with E-state index in [-0.39, 0.29) is 18.7 Å². The van der Waals surface area contributed by atoms with Crippen molar-refractivity contribution in [1.82, 2.24) is 14.8 Å². The summed E-state index contributed by atoms with van der Waals surface area (Å²) < 4.78 is 22.2. The maximum atomic E-state index is 14.3. The Morgan fingerprint density at radius 1 is 0.846 bits per heavy atom. The lowest BCUT2D eigenvalue weighted by Gasteiger charge is -2.33. The molecule has 9 heteroatoms. The van der Waals surface area contributed by atoms with Crippen molar-refractivity contribution in [3.63, 3.8) is 0 Å². The molecule has 2 aromatic carbocycles. The third kappa shape index (κ3) is 4.90. The van der Waals surface area contributed by atoms with Gasteiger partial charge in [-0.25, -0.2) is 4.98 Å². The molecule has 0 bridgehead atoms. The summed E-state index contributed by atoms with van der Waals surface area (Å²) in [4.78, 5) is 26.1. The molecule has 5 heterocycles. The zero-order valence-electron chi connectivity index (χ0n) is 22.1. The van der Waals surface area contributed by atoms with Crippen molar-refractivity contribution in [2.75, 3.05) is 77.4 Å². The number of anilines is 1. The van der Waals surface area contributed by atoms with E-state index in [1.165, 1.54) is 0 Å². The second-order valence-electron chi connectivity index (χ2n) is 10.6. The fourth-order valence-electron chi connectivity index (χ4n) is 6.13. The maximum absolute atomic E-state index is 14.3. The van der Waals surface area contributed by atoms with E-state index >= 15 is 0 Å². The smallest absolute Gasteiger partial charge is 0.254 e. The first-order chi connectivity index (χ1) is 19.2. The van der Waals surface area contributed by atoms with Crippen LogP contribution in [0.2, 0.25) is 0 Å². The van der Waals surface area contributed by atoms with Crippen LogP contribution >= 0.6 is 0 Å². The minimum atomic E-state index is 0.0931. The third-order valence-corrected chi connectivity index (χ3v) is 8.28. The second kappa shape index (κ2) is 10.6. The molecule has 0 aliphatic carbocycles. The fourth-order valence-corrected chi connectivity index (χ4v) is 6.13. The van der Waals surface area contributed by atoms with Gasteiger partial charge in [0.25, 0.3) is 5.91 Å². The van der Waals surface area contributed by atoms with Crippen molar-refractivity contribution in [3.05, 3.63) is 48.0 Å². The van der Waals surface area contributed by atoms with E-state index in [1.54, 1.807) is 0 Å². The Bertz CT molecular complexity index is 1370. The van der Waals surface area contributed by atoms with Crippen LogP contribution in [0.15, 0.2) is 42.5 Å². The van der Waals surface area contributed by atoms with E-state index in [2.05, 4.69) is 26.8 Å². The predicted molar refractivity (Wildman–Crippen MR) is 148 cm³/mol. The molecule has 0 N–H and O–H groups in total. The first-order valence-corrected chi connectivity index (χ1v) is 14.0. The molecule has 0 unspecified atom stereocenters. The monoisotopic (exact) mass is 530 g/mol. The number of nitrogens with zero attached hydrogens (tertiary/aromatic N) is 4. The molecule has 9 nitrogen and oxygen atoms in total. The fraction of sp³-hybridized carbons (Fsp3) is 0.467. The van der Waals surface area contributed by atoms with Gasteiger partial charge in [-0.2, -0.15) is 0 Å². The highest BCUT2D eigenvalue weighted by Crippen LogP contribution is 2.37. The van der Waals surface area contributed by atoms with Gasteiger partial charge in [-0.15, -0.1) is 0 Å². The molecule has 39 heavy (non-hydrogen) atoms. The number of rotatable bonds is 5. The van der Waals surface area contributed by atoms with Crippen LogP contribution in [0.25, 0.3) is 22.0 Å². The van der Waals surface area contributed by atoms with Gasteiger partial charge in [0.1, 0.15) is 5.82 Å². The standard InChI is InChI=1S/C30H34N4O5/c35-30(34-7-1-2-23(34)19-32-8-12-36-13-9-32)25-18-29(33-10-14-37-15-11-33)31-26-5-3-21(16-24(25)26)22-4-6-27-28(17-22)39-20-38-27/h3-6,16-18,23H,1-2,7-15,19-20H2/t23-/m0/s1. The van der Waals surface area contributed by atoms with Crippen LogP contribution in [0.1, 0.15) is 23.2 Å². The number of benzene rings is 2. The van der Waals surface area contributed by atoms with E-state index in [9.17, 15) is 4.79 Å². The van der Waals surface area contributed by atoms with Crippen LogP contribution in [0.5, 0.6) is 11.5 Å². The molecule has 7 rings (SSSR count). The number of morpholine rings is 2. The second-order valence-corrected chi connectivity index (χ2v) is 10.6. The zero-order chi connectivity index (χ0) is 26.2. The molecule has 3 saturated heterocycles. The average Bonchev–Trinajstić information content (AvgIpc) is 3.66. The molecule has 204 valence electrons. The number of aromatic nitrogens is 1. The number of carbonyl (C=O) groups is 1. The third-order valence-electron chi connectivity index (χ3n) is 8.28. The van der Waals surface area contributed by atoms with Crippen LogP contribution in [-0.2, 0) is 9.47 Å². The van der Waals surface area contributed by atoms with Gasteiger partial charge in [0.15, 0.2) is 11.5 Å². The Kier molecular flexibility index (Phi) is 6.72. The summed E-state index contributed by atoms with van der Waals surface area (Å²) >= 11 is 0. The quantitative estimate of drug-likeness (QED) is 0.497. The number of pyridine rings is 1. The number of likely N-dealkylation sites (tertiary alicyclic amines) is 1. The van der Waals surface area contributed by atoms with Crippen molar-refractivity contribution in [3.8, 4) is 22.6 Å². The summed E-state index contributed by atoms with van der Waals surface area (Å²) in [5.74, 6) is 2.43. The minimum absolute atomic E-state index is 0.0931. The van der Waals surface area contributed by atoms with Gasteiger partial charge in [-0.1, -0.05) is 12.1 Å². The van der Waals surface area contributed by atoms with Crippen LogP contribution in [0, 0.1) is 0 Å². The Balaban J connectivity index is 1.27. The van der Waals surface area contributed by atoms with Gasteiger partial charge < -0.3 is 28.7 Å². The highest BCUT2D eigenvalue weighted by atomic mass is 16.7. The van der Waals surface area contributed by atoms with Crippen molar-refractivity contribution >= 4 is 22.6 Å². The molecular weight excluding hydrogens is 496 g/mol. The maximum Gasteiger partial charge on any atom is 0.254 e. The lowest BCUT2D eigenvalue weighted by Crippen LogP contribution is -2.46. The molecule has 1 atom stereocenters. The lowest BCUT2D eigenvalue weighted by atomic mass is 9.99. The Morgan fingerprint density at radius 3 is 2.44 bits per heavy atom. The molecule has 3 aromatic rings. The molecule has 3 fully saturated rings. The van der Waals surface area contributed by atoms with Crippen molar-refractivity contribution < 1.29 is 23.7 Å². The van der Waals surface area contributed by atoms with E-state index < -0.39 is 0 Å². The van der Waals surface area contributed by atoms with E-state index in [1.807, 2.05) is 30.3 Å². The van der Waals surface area contributed by atoms with E-state index in [4.69, 9.17) is 23.9 Å². The molecule has 4 aliphatic heterocycles. The number of hydrogen-bond acceptors (Lipinski definition) is 8. The normalized spacial score (nSPS) is 21.6. The number of hydrogen-bond donors (Lipinski definition) is 0. The number of carbonyl (C=O) groups excluding carboxylic acids is 1. The Hall–Kier alpha value is -3.40. The first kappa shape index (κ1) is 24.6. The summed E-state index contributed by atoms with van der Waals surface area (Å²) in [6.07, 6.45) is 2.06. The highest BCUT2D eigenvalue weighted by Gasteiger charge is 2.32. The van der Waals surface area contributed by atoms with Gasteiger partial charge in [0, 0.05) is 50.7 Å². The Morgan fingerprint density at radius 2 is 1.59 bits per heavy atom. The van der Waals surface area contributed by atoms with Crippen LogP contribution < -0.4 is 14.4 Å². The topological polar surface area (TPSA) is 76.6 Å². The van der Waals surface area contributed by atoms with Gasteiger partial charge in [-0.3, -0.25) is 9.69 Å². The minimum Gasteiger partial charge on any atom is -0.454 e. The molecule has 1 aromatic heterocycles. The largest absolute Gasteiger partial charge is 0.454 e. The Labute approximate surface area is 228 Å². The molecular formula is C30H34N4O5. The number of ether oxygens (including phenoxy) is 4. The molecule has 0 radical (unpaired) electrons. The summed E-state index contributed by atoms with van der Waals surface area (Å²) in [5, 5.41) is 0.879. The molecule has 0 spiro atoms. The number of amides is 1. The van der Waals surface area contributed by atoms with Crippen LogP contribution in [0.3, 0.4) is 0 Å². The zero-order valence-corrected chi connectivity index (χ0v) is 22.1.